The second-order valence-electron chi connectivity index (χ2n) is 5.45. The fourth-order valence-electron chi connectivity index (χ4n) is 2.81. The van der Waals surface area contributed by atoms with Gasteiger partial charge in [0.05, 0.1) is 22.7 Å². The van der Waals surface area contributed by atoms with Gasteiger partial charge >= 0.3 is 0 Å². The molecule has 0 spiro atoms. The van der Waals surface area contributed by atoms with Crippen molar-refractivity contribution < 1.29 is 4.79 Å². The molecule has 2 heterocycles. The number of hydrogen-bond acceptors (Lipinski definition) is 6. The Morgan fingerprint density at radius 2 is 2.08 bits per heavy atom. The van der Waals surface area contributed by atoms with Gasteiger partial charge in [0, 0.05) is 4.90 Å². The van der Waals surface area contributed by atoms with Gasteiger partial charge < -0.3 is 4.90 Å². The molecular weight excluding hydrogens is 358 g/mol. The largest absolute Gasteiger partial charge is 0.302 e. The molecular formula is C17H15N3OS3. The Bertz CT molecular complexity index is 830. The lowest BCUT2D eigenvalue weighted by Crippen LogP contribution is -2.48. The van der Waals surface area contributed by atoms with Gasteiger partial charge in [0.25, 0.3) is 0 Å². The van der Waals surface area contributed by atoms with Gasteiger partial charge in [-0.05, 0) is 19.1 Å². The number of fused-ring (bicyclic) bond motifs is 2. The first-order valence-electron chi connectivity index (χ1n) is 7.58. The number of hydrogen-bond donors (Lipinski definition) is 0. The number of thioether (sulfide) groups is 2. The zero-order chi connectivity index (χ0) is 16.5. The first kappa shape index (κ1) is 15.9. The van der Waals surface area contributed by atoms with E-state index in [9.17, 15) is 4.79 Å². The van der Waals surface area contributed by atoms with Crippen LogP contribution < -0.4 is 4.90 Å². The van der Waals surface area contributed by atoms with E-state index in [0.717, 1.165) is 19.9 Å². The average Bonchev–Trinajstić information content (AvgIpc) is 3.03. The predicted molar refractivity (Wildman–Crippen MR) is 101 cm³/mol. The molecule has 0 unspecified atom stereocenters. The molecule has 0 N–H and O–H groups in total. The maximum absolute atomic E-state index is 13.0. The summed E-state index contributed by atoms with van der Waals surface area (Å²) >= 11 is 4.81. The lowest BCUT2D eigenvalue weighted by Gasteiger charge is -2.40. The quantitative estimate of drug-likeness (QED) is 0.763. The summed E-state index contributed by atoms with van der Waals surface area (Å²) in [5.41, 5.74) is 1.00. The van der Waals surface area contributed by atoms with Crippen LogP contribution in [0, 0.1) is 6.92 Å². The zero-order valence-corrected chi connectivity index (χ0v) is 15.4. The van der Waals surface area contributed by atoms with Gasteiger partial charge in [0.15, 0.2) is 4.34 Å². The van der Waals surface area contributed by atoms with Crippen molar-refractivity contribution >= 4 is 46.5 Å². The van der Waals surface area contributed by atoms with Crippen LogP contribution in [-0.4, -0.2) is 33.1 Å². The van der Waals surface area contributed by atoms with E-state index in [-0.39, 0.29) is 17.2 Å². The third kappa shape index (κ3) is 3.03. The molecule has 1 aromatic heterocycles. The molecule has 4 nitrogen and oxygen atoms in total. The van der Waals surface area contributed by atoms with Crippen molar-refractivity contribution in [1.29, 1.82) is 0 Å². The van der Waals surface area contributed by atoms with Gasteiger partial charge in [-0.25, -0.2) is 0 Å². The molecule has 2 atom stereocenters. The molecule has 1 aliphatic heterocycles. The van der Waals surface area contributed by atoms with Gasteiger partial charge in [0.2, 0.25) is 5.91 Å². The van der Waals surface area contributed by atoms with Gasteiger partial charge in [-0.2, -0.15) is 0 Å². The van der Waals surface area contributed by atoms with Crippen molar-refractivity contribution in [3.8, 4) is 0 Å². The molecule has 1 amide bonds. The summed E-state index contributed by atoms with van der Waals surface area (Å²) in [6, 6.07) is 8.20. The summed E-state index contributed by atoms with van der Waals surface area (Å²) in [4.78, 5) is 16.1. The molecule has 0 saturated heterocycles. The van der Waals surface area contributed by atoms with Crippen molar-refractivity contribution in [3.05, 3.63) is 53.6 Å². The average molecular weight is 374 g/mol. The Hall–Kier alpha value is -1.57. The van der Waals surface area contributed by atoms with Crippen molar-refractivity contribution in [2.75, 3.05) is 10.7 Å². The Morgan fingerprint density at radius 3 is 2.92 bits per heavy atom. The normalized spacial score (nSPS) is 21.5. The molecule has 122 valence electrons. The third-order valence-electron chi connectivity index (χ3n) is 3.84. The lowest BCUT2D eigenvalue weighted by atomic mass is 10.0. The van der Waals surface area contributed by atoms with Crippen molar-refractivity contribution in [3.63, 3.8) is 0 Å². The number of para-hydroxylation sites is 1. The predicted octanol–water partition coefficient (Wildman–Crippen LogP) is 3.94. The number of carbonyl (C=O) groups excluding carboxylic acids is 1. The van der Waals surface area contributed by atoms with Crippen LogP contribution >= 0.6 is 34.9 Å². The molecule has 0 bridgehead atoms. The number of carbonyl (C=O) groups is 1. The van der Waals surface area contributed by atoms with E-state index in [1.165, 1.54) is 23.1 Å². The van der Waals surface area contributed by atoms with E-state index >= 15 is 0 Å². The Labute approximate surface area is 153 Å². The third-order valence-corrected chi connectivity index (χ3v) is 7.10. The number of rotatable bonds is 3. The molecule has 24 heavy (non-hydrogen) atoms. The Balaban J connectivity index is 1.60. The summed E-state index contributed by atoms with van der Waals surface area (Å²) in [6.45, 7) is 1.92. The molecule has 7 heteroatoms. The Morgan fingerprint density at radius 1 is 1.25 bits per heavy atom. The van der Waals surface area contributed by atoms with Crippen LogP contribution in [-0.2, 0) is 4.79 Å². The van der Waals surface area contributed by atoms with Crippen LogP contribution in [0.5, 0.6) is 0 Å². The van der Waals surface area contributed by atoms with Gasteiger partial charge in [-0.15, -0.1) is 22.0 Å². The molecule has 0 fully saturated rings. The fourth-order valence-corrected chi connectivity index (χ4v) is 5.74. The zero-order valence-electron chi connectivity index (χ0n) is 13.0. The molecule has 0 radical (unpaired) electrons. The van der Waals surface area contributed by atoms with E-state index in [1.807, 2.05) is 47.9 Å². The highest BCUT2D eigenvalue weighted by Gasteiger charge is 2.36. The number of aryl methyl sites for hydroxylation is 1. The van der Waals surface area contributed by atoms with Crippen LogP contribution in [0.2, 0.25) is 0 Å². The summed E-state index contributed by atoms with van der Waals surface area (Å²) < 4.78 is 0.844. The van der Waals surface area contributed by atoms with Gasteiger partial charge in [-0.1, -0.05) is 59.5 Å². The first-order chi connectivity index (χ1) is 11.7. The van der Waals surface area contributed by atoms with E-state index in [4.69, 9.17) is 0 Å². The topological polar surface area (TPSA) is 46.1 Å². The molecule has 1 aromatic carbocycles. The van der Waals surface area contributed by atoms with Crippen LogP contribution in [0.3, 0.4) is 0 Å². The van der Waals surface area contributed by atoms with Gasteiger partial charge in [0.1, 0.15) is 5.01 Å². The highest BCUT2D eigenvalue weighted by molar-refractivity contribution is 8.01. The molecule has 2 aromatic rings. The van der Waals surface area contributed by atoms with E-state index < -0.39 is 0 Å². The van der Waals surface area contributed by atoms with Crippen molar-refractivity contribution in [2.45, 2.75) is 27.5 Å². The smallest absolute Gasteiger partial charge is 0.238 e. The number of aromatic nitrogens is 2. The van der Waals surface area contributed by atoms with E-state index in [0.29, 0.717) is 5.75 Å². The van der Waals surface area contributed by atoms with Crippen LogP contribution in [0.4, 0.5) is 5.69 Å². The van der Waals surface area contributed by atoms with Crippen LogP contribution in [0.1, 0.15) is 5.01 Å². The summed E-state index contributed by atoms with van der Waals surface area (Å²) in [7, 11) is 0. The monoisotopic (exact) mass is 373 g/mol. The number of benzene rings is 1. The summed E-state index contributed by atoms with van der Waals surface area (Å²) in [5.74, 6) is 0.476. The molecule has 1 aliphatic carbocycles. The molecule has 0 saturated carbocycles. The highest BCUT2D eigenvalue weighted by Crippen LogP contribution is 2.43. The molecule has 2 aliphatic rings. The van der Waals surface area contributed by atoms with Crippen molar-refractivity contribution in [2.24, 2.45) is 0 Å². The SMILES string of the molecule is Cc1nnc(SCC(=O)N2c3ccccc3S[C@@H]3C=CC=C[C@H]32)s1. The van der Waals surface area contributed by atoms with Crippen molar-refractivity contribution in [1.82, 2.24) is 10.2 Å². The maximum atomic E-state index is 13.0. The van der Waals surface area contributed by atoms with E-state index in [2.05, 4.69) is 34.5 Å². The fraction of sp³-hybridized carbons (Fsp3) is 0.235. The standard InChI is InChI=1S/C17H15N3OS3/c1-11-18-19-17(23-11)22-10-16(21)20-12-6-2-4-8-14(12)24-15-9-5-3-7-13(15)20/h2-9,12,14H,10H2,1H3/t12-,14-/m1/s1. The van der Waals surface area contributed by atoms with Crippen LogP contribution in [0.25, 0.3) is 0 Å². The minimum absolute atomic E-state index is 0.0687. The maximum Gasteiger partial charge on any atom is 0.238 e. The molecule has 4 rings (SSSR count). The number of amides is 1. The second kappa shape index (κ2) is 6.74. The first-order valence-corrected chi connectivity index (χ1v) is 10.3. The number of nitrogens with zero attached hydrogens (tertiary/aromatic N) is 3. The minimum atomic E-state index is 0.0687. The lowest BCUT2D eigenvalue weighted by molar-refractivity contribution is -0.116. The van der Waals surface area contributed by atoms with Crippen LogP contribution in [0.15, 0.2) is 57.8 Å². The van der Waals surface area contributed by atoms with E-state index in [1.54, 1.807) is 0 Å². The van der Waals surface area contributed by atoms with Gasteiger partial charge in [-0.3, -0.25) is 4.79 Å². The highest BCUT2D eigenvalue weighted by atomic mass is 32.2. The number of anilines is 1. The summed E-state index contributed by atoms with van der Waals surface area (Å²) in [6.07, 6.45) is 8.37. The minimum Gasteiger partial charge on any atom is -0.302 e. The Kier molecular flexibility index (Phi) is 4.47. The number of allylic oxidation sites excluding steroid dienone is 2. The second-order valence-corrected chi connectivity index (χ2v) is 9.07. The summed E-state index contributed by atoms with van der Waals surface area (Å²) in [5, 5.41) is 9.29.